The second-order valence-electron chi connectivity index (χ2n) is 3.77. The van der Waals surface area contributed by atoms with Gasteiger partial charge in [-0.1, -0.05) is 34.8 Å². The first kappa shape index (κ1) is 16.5. The Labute approximate surface area is 143 Å². The molecular weight excluding hydrogens is 380 g/mol. The maximum absolute atomic E-state index is 10.7. The second kappa shape index (κ2) is 6.94. The van der Waals surface area contributed by atoms with Gasteiger partial charge < -0.3 is 4.74 Å². The van der Waals surface area contributed by atoms with Crippen molar-refractivity contribution < 1.29 is 9.66 Å². The van der Waals surface area contributed by atoms with Crippen molar-refractivity contribution in [1.82, 2.24) is 0 Å². The lowest BCUT2D eigenvalue weighted by Gasteiger charge is -2.11. The number of rotatable bonds is 4. The van der Waals surface area contributed by atoms with E-state index in [1.807, 2.05) is 0 Å². The molecule has 21 heavy (non-hydrogen) atoms. The van der Waals surface area contributed by atoms with Crippen molar-refractivity contribution in [2.24, 2.45) is 0 Å². The van der Waals surface area contributed by atoms with Gasteiger partial charge in [0.2, 0.25) is 0 Å². The maximum Gasteiger partial charge on any atom is 0.271 e. The molecule has 2 rings (SSSR count). The van der Waals surface area contributed by atoms with Crippen LogP contribution in [0.15, 0.2) is 35.2 Å². The Morgan fingerprint density at radius 3 is 2.14 bits per heavy atom. The van der Waals surface area contributed by atoms with E-state index in [1.165, 1.54) is 18.2 Å². The Morgan fingerprint density at radius 2 is 1.67 bits per heavy atom. The van der Waals surface area contributed by atoms with Crippen molar-refractivity contribution in [2.45, 2.75) is 4.90 Å². The number of hydrogen-bond acceptors (Lipinski definition) is 4. The third-order valence-electron chi connectivity index (χ3n) is 2.40. The van der Waals surface area contributed by atoms with E-state index in [1.54, 1.807) is 12.1 Å². The molecule has 2 aromatic rings. The smallest absolute Gasteiger partial charge is 0.271 e. The minimum atomic E-state index is -0.553. The SMILES string of the molecule is O=[N+]([O-])c1ccc(Oc2c(Cl)cc(SCl)cc2Cl)c(Cl)c1. The van der Waals surface area contributed by atoms with Crippen molar-refractivity contribution in [3.63, 3.8) is 0 Å². The van der Waals surface area contributed by atoms with E-state index < -0.39 is 4.92 Å². The van der Waals surface area contributed by atoms with E-state index in [0.29, 0.717) is 4.90 Å². The molecule has 0 saturated heterocycles. The van der Waals surface area contributed by atoms with Gasteiger partial charge in [-0.25, -0.2) is 0 Å². The fourth-order valence-corrected chi connectivity index (χ4v) is 2.97. The molecule has 9 heteroatoms. The number of hydrogen-bond donors (Lipinski definition) is 0. The molecule has 0 saturated carbocycles. The summed E-state index contributed by atoms with van der Waals surface area (Å²) in [7, 11) is 6.60. The molecule has 2 aromatic carbocycles. The van der Waals surface area contributed by atoms with Gasteiger partial charge in [0.25, 0.3) is 5.69 Å². The van der Waals surface area contributed by atoms with Gasteiger partial charge in [-0.3, -0.25) is 10.1 Å². The number of nitro benzene ring substituents is 1. The molecule has 0 unspecified atom stereocenters. The van der Waals surface area contributed by atoms with Crippen LogP contribution in [0.3, 0.4) is 0 Å². The number of non-ortho nitro benzene ring substituents is 1. The van der Waals surface area contributed by atoms with Crippen molar-refractivity contribution in [2.75, 3.05) is 0 Å². The van der Waals surface area contributed by atoms with Gasteiger partial charge in [0.1, 0.15) is 5.75 Å². The van der Waals surface area contributed by atoms with E-state index in [4.69, 9.17) is 50.2 Å². The first-order valence-corrected chi connectivity index (χ1v) is 8.09. The van der Waals surface area contributed by atoms with Gasteiger partial charge in [0.05, 0.1) is 20.0 Å². The largest absolute Gasteiger partial charge is 0.453 e. The summed E-state index contributed by atoms with van der Waals surface area (Å²) in [5, 5.41) is 11.2. The van der Waals surface area contributed by atoms with Gasteiger partial charge >= 0.3 is 0 Å². The summed E-state index contributed by atoms with van der Waals surface area (Å²) in [6.45, 7) is 0. The molecule has 110 valence electrons. The highest BCUT2D eigenvalue weighted by molar-refractivity contribution is 8.21. The van der Waals surface area contributed by atoms with Crippen LogP contribution in [0, 0.1) is 10.1 Å². The molecule has 4 nitrogen and oxygen atoms in total. The van der Waals surface area contributed by atoms with Crippen LogP contribution in [-0.2, 0) is 0 Å². The summed E-state index contributed by atoms with van der Waals surface area (Å²) >= 11 is 18.1. The molecule has 0 aliphatic heterocycles. The number of benzene rings is 2. The van der Waals surface area contributed by atoms with Crippen LogP contribution in [-0.4, -0.2) is 4.92 Å². The Hall–Kier alpha value is -0.850. The molecule has 0 atom stereocenters. The molecule has 0 N–H and O–H groups in total. The molecule has 0 aliphatic rings. The Morgan fingerprint density at radius 1 is 1.05 bits per heavy atom. The lowest BCUT2D eigenvalue weighted by Crippen LogP contribution is -1.91. The fourth-order valence-electron chi connectivity index (χ4n) is 1.47. The van der Waals surface area contributed by atoms with Crippen LogP contribution in [0.25, 0.3) is 0 Å². The van der Waals surface area contributed by atoms with Crippen LogP contribution in [0.4, 0.5) is 5.69 Å². The van der Waals surface area contributed by atoms with Crippen LogP contribution < -0.4 is 4.74 Å². The predicted molar refractivity (Wildman–Crippen MR) is 86.4 cm³/mol. The third-order valence-corrected chi connectivity index (χ3v) is 4.20. The zero-order valence-electron chi connectivity index (χ0n) is 9.98. The molecule has 0 fully saturated rings. The highest BCUT2D eigenvalue weighted by atomic mass is 35.7. The molecular formula is C12H5Cl4NO3S. The molecule has 0 bridgehead atoms. The van der Waals surface area contributed by atoms with E-state index in [-0.39, 0.29) is 32.3 Å². The standard InChI is InChI=1S/C12H5Cl4NO3S/c13-8-3-6(17(18)19)1-2-11(8)20-12-9(14)4-7(21-16)5-10(12)15/h1-5H. The van der Waals surface area contributed by atoms with E-state index in [0.717, 1.165) is 11.0 Å². The lowest BCUT2D eigenvalue weighted by molar-refractivity contribution is -0.384. The zero-order valence-corrected chi connectivity index (χ0v) is 13.8. The monoisotopic (exact) mass is 383 g/mol. The minimum absolute atomic E-state index is 0.0760. The highest BCUT2D eigenvalue weighted by Crippen LogP contribution is 2.42. The van der Waals surface area contributed by atoms with Gasteiger partial charge in [-0.15, -0.1) is 0 Å². The number of nitrogens with zero attached hydrogens (tertiary/aromatic N) is 1. The first-order chi connectivity index (χ1) is 9.92. The molecule has 0 aromatic heterocycles. The number of nitro groups is 1. The third kappa shape index (κ3) is 3.87. The van der Waals surface area contributed by atoms with E-state index >= 15 is 0 Å². The van der Waals surface area contributed by atoms with Crippen LogP contribution in [0.2, 0.25) is 15.1 Å². The normalized spacial score (nSPS) is 10.5. The molecule has 0 amide bonds. The lowest BCUT2D eigenvalue weighted by atomic mass is 10.3. The predicted octanol–water partition coefficient (Wildman–Crippen LogP) is 6.59. The van der Waals surface area contributed by atoms with E-state index in [2.05, 4.69) is 0 Å². The quantitative estimate of drug-likeness (QED) is 0.440. The maximum atomic E-state index is 10.7. The molecule has 0 radical (unpaired) electrons. The summed E-state index contributed by atoms with van der Waals surface area (Å²) < 4.78 is 5.53. The van der Waals surface area contributed by atoms with Gasteiger partial charge in [-0.2, -0.15) is 0 Å². The second-order valence-corrected chi connectivity index (χ2v) is 6.08. The average molecular weight is 385 g/mol. The van der Waals surface area contributed by atoms with Crippen LogP contribution >= 0.6 is 56.5 Å². The van der Waals surface area contributed by atoms with E-state index in [9.17, 15) is 10.1 Å². The first-order valence-electron chi connectivity index (χ1n) is 5.32. The van der Waals surface area contributed by atoms with Crippen LogP contribution in [0.1, 0.15) is 0 Å². The fraction of sp³-hybridized carbons (Fsp3) is 0. The summed E-state index contributed by atoms with van der Waals surface area (Å²) in [5.74, 6) is 0.404. The zero-order chi connectivity index (χ0) is 15.6. The Bertz CT molecular complexity index is 688. The van der Waals surface area contributed by atoms with Crippen molar-refractivity contribution in [3.8, 4) is 11.5 Å². The summed E-state index contributed by atoms with van der Waals surface area (Å²) in [6, 6.07) is 6.99. The van der Waals surface area contributed by atoms with Gasteiger partial charge in [0.15, 0.2) is 5.75 Å². The Kier molecular flexibility index (Phi) is 5.46. The number of halogens is 4. The number of ether oxygens (including phenoxy) is 1. The van der Waals surface area contributed by atoms with Crippen molar-refractivity contribution in [3.05, 3.63) is 55.5 Å². The average Bonchev–Trinajstić information content (AvgIpc) is 2.43. The molecule has 0 spiro atoms. The van der Waals surface area contributed by atoms with Gasteiger partial charge in [-0.05, 0) is 39.9 Å². The minimum Gasteiger partial charge on any atom is -0.453 e. The molecule has 0 aliphatic carbocycles. The summed E-state index contributed by atoms with van der Waals surface area (Å²) in [6.07, 6.45) is 0. The highest BCUT2D eigenvalue weighted by Gasteiger charge is 2.15. The van der Waals surface area contributed by atoms with Crippen molar-refractivity contribution >= 4 is 62.1 Å². The van der Waals surface area contributed by atoms with Crippen molar-refractivity contribution in [1.29, 1.82) is 0 Å². The van der Waals surface area contributed by atoms with Crippen LogP contribution in [0.5, 0.6) is 11.5 Å². The van der Waals surface area contributed by atoms with Gasteiger partial charge in [0, 0.05) is 17.0 Å². The topological polar surface area (TPSA) is 52.4 Å². The summed E-state index contributed by atoms with van der Waals surface area (Å²) in [5.41, 5.74) is -0.140. The Balaban J connectivity index is 2.37. The summed E-state index contributed by atoms with van der Waals surface area (Å²) in [4.78, 5) is 10.8. The molecule has 0 heterocycles.